The minimum absolute atomic E-state index is 0.344. The summed E-state index contributed by atoms with van der Waals surface area (Å²) in [5.74, 6) is -0.883. The minimum atomic E-state index is -0.883. The molecule has 116 valence electrons. The lowest BCUT2D eigenvalue weighted by Crippen LogP contribution is -2.12. The van der Waals surface area contributed by atoms with E-state index in [0.29, 0.717) is 12.2 Å². The molecule has 3 heteroatoms. The second-order valence-electron chi connectivity index (χ2n) is 5.57. The Hall–Kier alpha value is -2.81. The molecule has 3 nitrogen and oxygen atoms in total. The Morgan fingerprint density at radius 2 is 1.39 bits per heavy atom. The fraction of sp³-hybridized carbons (Fsp3) is 0.150. The van der Waals surface area contributed by atoms with Gasteiger partial charge in [-0.1, -0.05) is 60.7 Å². The topological polar surface area (TPSA) is 42.2 Å². The molecule has 0 saturated carbocycles. The highest BCUT2D eigenvalue weighted by molar-refractivity contribution is 5.86. The van der Waals surface area contributed by atoms with E-state index in [-0.39, 0.29) is 0 Å². The predicted octanol–water partition coefficient (Wildman–Crippen LogP) is 4.02. The molecule has 3 rings (SSSR count). The van der Waals surface area contributed by atoms with Crippen molar-refractivity contribution < 1.29 is 9.90 Å². The van der Waals surface area contributed by atoms with Crippen molar-refractivity contribution in [1.29, 1.82) is 0 Å². The molecule has 0 bridgehead atoms. The Morgan fingerprint density at radius 1 is 0.783 bits per heavy atom. The van der Waals surface area contributed by atoms with Crippen LogP contribution in [0.25, 0.3) is 0 Å². The van der Waals surface area contributed by atoms with Crippen LogP contribution in [0.3, 0.4) is 0 Å². The van der Waals surface area contributed by atoms with Gasteiger partial charge in [0, 0.05) is 12.2 Å². The van der Waals surface area contributed by atoms with Gasteiger partial charge in [-0.05, 0) is 36.1 Å². The molecule has 0 fully saturated rings. The van der Waals surface area contributed by atoms with Gasteiger partial charge in [0.2, 0.25) is 0 Å². The van der Waals surface area contributed by atoms with Gasteiger partial charge in [-0.3, -0.25) is 0 Å². The average Bonchev–Trinajstić information content (AvgIpc) is 2.98. The van der Waals surface area contributed by atoms with Crippen LogP contribution in [0.1, 0.15) is 27.3 Å². The van der Waals surface area contributed by atoms with Crippen molar-refractivity contribution in [2.24, 2.45) is 0 Å². The Balaban J connectivity index is 1.83. The molecule has 0 aliphatic carbocycles. The van der Waals surface area contributed by atoms with Crippen LogP contribution >= 0.6 is 0 Å². The van der Waals surface area contributed by atoms with Crippen LogP contribution < -0.4 is 0 Å². The zero-order chi connectivity index (χ0) is 16.1. The monoisotopic (exact) mass is 305 g/mol. The van der Waals surface area contributed by atoms with Crippen LogP contribution in [0, 0.1) is 0 Å². The van der Waals surface area contributed by atoms with E-state index in [2.05, 4.69) is 12.1 Å². The first-order chi connectivity index (χ1) is 11.2. The van der Waals surface area contributed by atoms with Crippen molar-refractivity contribution in [3.8, 4) is 0 Å². The van der Waals surface area contributed by atoms with E-state index in [0.717, 1.165) is 24.1 Å². The number of carboxylic acid groups (broad SMARTS) is 1. The summed E-state index contributed by atoms with van der Waals surface area (Å²) in [7, 11) is 0. The highest BCUT2D eigenvalue weighted by Gasteiger charge is 2.14. The molecular weight excluding hydrogens is 286 g/mol. The standard InChI is InChI=1S/C20H19NO2/c22-20(23)19-14-13-18(12-11-16-7-3-1-4-8-16)21(19)15-17-9-5-2-6-10-17/h1-10,13-14H,11-12,15H2,(H,22,23). The van der Waals surface area contributed by atoms with Gasteiger partial charge >= 0.3 is 5.97 Å². The first-order valence-corrected chi connectivity index (χ1v) is 7.73. The van der Waals surface area contributed by atoms with E-state index in [9.17, 15) is 9.90 Å². The van der Waals surface area contributed by atoms with Crippen LogP contribution in [-0.2, 0) is 19.4 Å². The molecule has 2 aromatic carbocycles. The van der Waals surface area contributed by atoms with Gasteiger partial charge in [0.15, 0.2) is 0 Å². The molecule has 0 aliphatic heterocycles. The van der Waals surface area contributed by atoms with Gasteiger partial charge in [-0.2, -0.15) is 0 Å². The zero-order valence-electron chi connectivity index (χ0n) is 12.9. The quantitative estimate of drug-likeness (QED) is 0.747. The molecular formula is C20H19NO2. The van der Waals surface area contributed by atoms with Crippen LogP contribution in [0.15, 0.2) is 72.8 Å². The summed E-state index contributed by atoms with van der Waals surface area (Å²) < 4.78 is 1.90. The maximum atomic E-state index is 11.5. The second-order valence-corrected chi connectivity index (χ2v) is 5.57. The number of hydrogen-bond donors (Lipinski definition) is 1. The summed E-state index contributed by atoms with van der Waals surface area (Å²) in [4.78, 5) is 11.5. The van der Waals surface area contributed by atoms with E-state index in [1.807, 2.05) is 59.2 Å². The number of rotatable bonds is 6. The fourth-order valence-electron chi connectivity index (χ4n) is 2.78. The third-order valence-electron chi connectivity index (χ3n) is 3.99. The molecule has 23 heavy (non-hydrogen) atoms. The molecule has 3 aromatic rings. The summed E-state index contributed by atoms with van der Waals surface area (Å²) in [5.41, 5.74) is 3.76. The summed E-state index contributed by atoms with van der Waals surface area (Å²) in [6.45, 7) is 0.583. The Bertz CT molecular complexity index is 776. The van der Waals surface area contributed by atoms with Gasteiger partial charge in [0.25, 0.3) is 0 Å². The van der Waals surface area contributed by atoms with Crippen molar-refractivity contribution in [3.05, 3.63) is 95.3 Å². The fourth-order valence-corrected chi connectivity index (χ4v) is 2.78. The number of hydrogen-bond acceptors (Lipinski definition) is 1. The van der Waals surface area contributed by atoms with Crippen molar-refractivity contribution in [2.45, 2.75) is 19.4 Å². The lowest BCUT2D eigenvalue weighted by molar-refractivity contribution is 0.0685. The molecule has 1 N–H and O–H groups in total. The number of aromatic carboxylic acids is 1. The zero-order valence-corrected chi connectivity index (χ0v) is 12.9. The van der Waals surface area contributed by atoms with E-state index in [4.69, 9.17) is 0 Å². The van der Waals surface area contributed by atoms with Crippen LogP contribution in [-0.4, -0.2) is 15.6 Å². The Morgan fingerprint density at radius 3 is 2.00 bits per heavy atom. The lowest BCUT2D eigenvalue weighted by Gasteiger charge is -2.12. The SMILES string of the molecule is O=C(O)c1ccc(CCc2ccccc2)n1Cc1ccccc1. The number of nitrogens with zero attached hydrogens (tertiary/aromatic N) is 1. The highest BCUT2D eigenvalue weighted by Crippen LogP contribution is 2.15. The van der Waals surface area contributed by atoms with Gasteiger partial charge in [0.1, 0.15) is 5.69 Å². The Labute approximate surface area is 135 Å². The molecule has 1 aromatic heterocycles. The first kappa shape index (κ1) is 15.1. The third-order valence-corrected chi connectivity index (χ3v) is 3.99. The van der Waals surface area contributed by atoms with E-state index >= 15 is 0 Å². The van der Waals surface area contributed by atoms with Crippen LogP contribution in [0.2, 0.25) is 0 Å². The predicted molar refractivity (Wildman–Crippen MR) is 90.8 cm³/mol. The average molecular weight is 305 g/mol. The van der Waals surface area contributed by atoms with E-state index < -0.39 is 5.97 Å². The van der Waals surface area contributed by atoms with E-state index in [1.165, 1.54) is 5.56 Å². The molecule has 0 amide bonds. The second kappa shape index (κ2) is 6.97. The van der Waals surface area contributed by atoms with Gasteiger partial charge in [-0.15, -0.1) is 0 Å². The molecule has 0 unspecified atom stereocenters. The van der Waals surface area contributed by atoms with Crippen molar-refractivity contribution >= 4 is 5.97 Å². The van der Waals surface area contributed by atoms with Crippen molar-refractivity contribution in [3.63, 3.8) is 0 Å². The largest absolute Gasteiger partial charge is 0.477 e. The third kappa shape index (κ3) is 3.69. The highest BCUT2D eigenvalue weighted by atomic mass is 16.4. The molecule has 0 aliphatic rings. The summed E-state index contributed by atoms with van der Waals surface area (Å²) in [6, 6.07) is 23.8. The molecule has 1 heterocycles. The minimum Gasteiger partial charge on any atom is -0.477 e. The smallest absolute Gasteiger partial charge is 0.352 e. The molecule has 0 atom stereocenters. The normalized spacial score (nSPS) is 10.6. The molecule has 0 saturated heterocycles. The maximum Gasteiger partial charge on any atom is 0.352 e. The summed E-state index contributed by atoms with van der Waals surface area (Å²) >= 11 is 0. The van der Waals surface area contributed by atoms with E-state index in [1.54, 1.807) is 6.07 Å². The van der Waals surface area contributed by atoms with Gasteiger partial charge in [0.05, 0.1) is 0 Å². The summed E-state index contributed by atoms with van der Waals surface area (Å²) in [6.07, 6.45) is 1.73. The number of carboxylic acids is 1. The van der Waals surface area contributed by atoms with Crippen molar-refractivity contribution in [1.82, 2.24) is 4.57 Å². The number of benzene rings is 2. The molecule has 0 spiro atoms. The Kier molecular flexibility index (Phi) is 4.57. The summed E-state index contributed by atoms with van der Waals surface area (Å²) in [5, 5.41) is 9.42. The van der Waals surface area contributed by atoms with Crippen LogP contribution in [0.5, 0.6) is 0 Å². The first-order valence-electron chi connectivity index (χ1n) is 7.73. The number of aromatic nitrogens is 1. The van der Waals surface area contributed by atoms with Gasteiger partial charge in [-0.25, -0.2) is 4.79 Å². The molecule has 0 radical (unpaired) electrons. The number of aryl methyl sites for hydroxylation is 2. The lowest BCUT2D eigenvalue weighted by atomic mass is 10.1. The van der Waals surface area contributed by atoms with Gasteiger partial charge < -0.3 is 9.67 Å². The van der Waals surface area contributed by atoms with Crippen LogP contribution in [0.4, 0.5) is 0 Å². The van der Waals surface area contributed by atoms with Crippen molar-refractivity contribution in [2.75, 3.05) is 0 Å². The number of carbonyl (C=O) groups is 1. The maximum absolute atomic E-state index is 11.5.